The normalized spacial score (nSPS) is 12.7. The van der Waals surface area contributed by atoms with E-state index in [0.717, 1.165) is 32.1 Å². The SMILES string of the molecule is CCNc1ncccc1CN(CC)C(C)COC. The van der Waals surface area contributed by atoms with Crippen LogP contribution < -0.4 is 5.32 Å². The number of anilines is 1. The number of hydrogen-bond donors (Lipinski definition) is 1. The number of rotatable bonds is 8. The lowest BCUT2D eigenvalue weighted by Crippen LogP contribution is -2.35. The summed E-state index contributed by atoms with van der Waals surface area (Å²) in [5, 5.41) is 3.31. The summed E-state index contributed by atoms with van der Waals surface area (Å²) < 4.78 is 5.23. The fourth-order valence-corrected chi connectivity index (χ4v) is 2.04. The Hall–Kier alpha value is -1.13. The van der Waals surface area contributed by atoms with Gasteiger partial charge in [0.1, 0.15) is 5.82 Å². The highest BCUT2D eigenvalue weighted by atomic mass is 16.5. The molecule has 1 unspecified atom stereocenters. The van der Waals surface area contributed by atoms with E-state index in [4.69, 9.17) is 4.74 Å². The highest BCUT2D eigenvalue weighted by Gasteiger charge is 2.14. The summed E-state index contributed by atoms with van der Waals surface area (Å²) in [6.07, 6.45) is 1.83. The van der Waals surface area contributed by atoms with Gasteiger partial charge in [-0.3, -0.25) is 4.90 Å². The van der Waals surface area contributed by atoms with E-state index in [1.165, 1.54) is 5.56 Å². The van der Waals surface area contributed by atoms with E-state index < -0.39 is 0 Å². The lowest BCUT2D eigenvalue weighted by Gasteiger charge is -2.27. The van der Waals surface area contributed by atoms with Gasteiger partial charge in [0.15, 0.2) is 0 Å². The molecule has 1 aromatic rings. The molecule has 0 saturated carbocycles. The minimum absolute atomic E-state index is 0.412. The van der Waals surface area contributed by atoms with Gasteiger partial charge in [-0.15, -0.1) is 0 Å². The van der Waals surface area contributed by atoms with Gasteiger partial charge in [-0.25, -0.2) is 4.98 Å². The van der Waals surface area contributed by atoms with Gasteiger partial charge in [-0.2, -0.15) is 0 Å². The van der Waals surface area contributed by atoms with E-state index in [-0.39, 0.29) is 0 Å². The van der Waals surface area contributed by atoms with Crippen molar-refractivity contribution < 1.29 is 4.74 Å². The maximum atomic E-state index is 5.23. The molecule has 0 saturated heterocycles. The van der Waals surface area contributed by atoms with Crippen molar-refractivity contribution in [2.45, 2.75) is 33.4 Å². The molecule has 1 rings (SSSR count). The van der Waals surface area contributed by atoms with Gasteiger partial charge in [-0.1, -0.05) is 13.0 Å². The van der Waals surface area contributed by atoms with Crippen LogP contribution in [0.4, 0.5) is 5.82 Å². The predicted molar refractivity (Wildman–Crippen MR) is 75.8 cm³/mol. The zero-order valence-corrected chi connectivity index (χ0v) is 11.9. The summed E-state index contributed by atoms with van der Waals surface area (Å²) in [5.41, 5.74) is 1.24. The van der Waals surface area contributed by atoms with Gasteiger partial charge in [-0.05, 0) is 26.5 Å². The maximum Gasteiger partial charge on any atom is 0.130 e. The highest BCUT2D eigenvalue weighted by molar-refractivity contribution is 5.43. The molecule has 1 atom stereocenters. The second-order valence-corrected chi connectivity index (χ2v) is 4.41. The third kappa shape index (κ3) is 4.27. The van der Waals surface area contributed by atoms with E-state index in [1.54, 1.807) is 7.11 Å². The van der Waals surface area contributed by atoms with E-state index in [9.17, 15) is 0 Å². The van der Waals surface area contributed by atoms with Crippen molar-refractivity contribution in [2.24, 2.45) is 0 Å². The van der Waals surface area contributed by atoms with Gasteiger partial charge < -0.3 is 10.1 Å². The Morgan fingerprint density at radius 3 is 2.83 bits per heavy atom. The third-order valence-corrected chi connectivity index (χ3v) is 3.05. The molecule has 4 nitrogen and oxygen atoms in total. The Balaban J connectivity index is 2.74. The summed E-state index contributed by atoms with van der Waals surface area (Å²) in [6, 6.07) is 4.53. The molecule has 0 radical (unpaired) electrons. The van der Waals surface area contributed by atoms with Crippen LogP contribution >= 0.6 is 0 Å². The zero-order valence-electron chi connectivity index (χ0n) is 11.9. The highest BCUT2D eigenvalue weighted by Crippen LogP contribution is 2.15. The second kappa shape index (κ2) is 8.06. The van der Waals surface area contributed by atoms with Crippen LogP contribution in [-0.4, -0.2) is 42.7 Å². The van der Waals surface area contributed by atoms with Crippen molar-refractivity contribution in [1.82, 2.24) is 9.88 Å². The van der Waals surface area contributed by atoms with Crippen LogP contribution in [0.15, 0.2) is 18.3 Å². The first-order valence-electron chi connectivity index (χ1n) is 6.63. The molecular formula is C14H25N3O. The molecule has 0 amide bonds. The molecule has 1 N–H and O–H groups in total. The quantitative estimate of drug-likeness (QED) is 0.769. The van der Waals surface area contributed by atoms with Crippen LogP contribution in [0.3, 0.4) is 0 Å². The Bertz CT molecular complexity index is 344. The van der Waals surface area contributed by atoms with Crippen molar-refractivity contribution in [2.75, 3.05) is 32.1 Å². The topological polar surface area (TPSA) is 37.4 Å². The number of hydrogen-bond acceptors (Lipinski definition) is 4. The molecule has 0 aliphatic heterocycles. The van der Waals surface area contributed by atoms with E-state index in [1.807, 2.05) is 12.3 Å². The van der Waals surface area contributed by atoms with Crippen LogP contribution in [0.5, 0.6) is 0 Å². The molecule has 0 spiro atoms. The Labute approximate surface area is 110 Å². The molecule has 1 heterocycles. The van der Waals surface area contributed by atoms with Crippen molar-refractivity contribution >= 4 is 5.82 Å². The lowest BCUT2D eigenvalue weighted by atomic mass is 10.2. The minimum Gasteiger partial charge on any atom is -0.383 e. The Morgan fingerprint density at radius 1 is 1.44 bits per heavy atom. The van der Waals surface area contributed by atoms with Crippen molar-refractivity contribution in [1.29, 1.82) is 0 Å². The number of nitrogens with zero attached hydrogens (tertiary/aromatic N) is 2. The molecule has 0 aromatic carbocycles. The van der Waals surface area contributed by atoms with Crippen molar-refractivity contribution in [3.05, 3.63) is 23.9 Å². The zero-order chi connectivity index (χ0) is 13.4. The molecule has 0 fully saturated rings. The molecule has 0 aliphatic carbocycles. The number of pyridine rings is 1. The monoisotopic (exact) mass is 251 g/mol. The number of methoxy groups -OCH3 is 1. The molecule has 1 aromatic heterocycles. The number of nitrogens with one attached hydrogen (secondary N) is 1. The van der Waals surface area contributed by atoms with Gasteiger partial charge in [0.05, 0.1) is 6.61 Å². The van der Waals surface area contributed by atoms with Gasteiger partial charge in [0, 0.05) is 38.0 Å². The first kappa shape index (κ1) is 14.9. The summed E-state index contributed by atoms with van der Waals surface area (Å²) in [5.74, 6) is 0.989. The first-order valence-corrected chi connectivity index (χ1v) is 6.63. The minimum atomic E-state index is 0.412. The third-order valence-electron chi connectivity index (χ3n) is 3.05. The largest absolute Gasteiger partial charge is 0.383 e. The molecular weight excluding hydrogens is 226 g/mol. The standard InChI is InChI=1S/C14H25N3O/c1-5-15-14-13(8-7-9-16-14)10-17(6-2)12(3)11-18-4/h7-9,12H,5-6,10-11H2,1-4H3,(H,15,16). The fraction of sp³-hybridized carbons (Fsp3) is 0.643. The summed E-state index contributed by atoms with van der Waals surface area (Å²) in [4.78, 5) is 6.78. The molecule has 0 bridgehead atoms. The average Bonchev–Trinajstić information content (AvgIpc) is 2.38. The molecule has 0 aliphatic rings. The van der Waals surface area contributed by atoms with E-state index in [2.05, 4.69) is 42.0 Å². The Kier molecular flexibility index (Phi) is 6.68. The van der Waals surface area contributed by atoms with E-state index in [0.29, 0.717) is 6.04 Å². The predicted octanol–water partition coefficient (Wildman–Crippen LogP) is 2.37. The van der Waals surface area contributed by atoms with Gasteiger partial charge in [0.2, 0.25) is 0 Å². The molecule has 18 heavy (non-hydrogen) atoms. The summed E-state index contributed by atoms with van der Waals surface area (Å²) in [6.45, 7) is 10.0. The van der Waals surface area contributed by atoms with Crippen LogP contribution in [0, 0.1) is 0 Å². The van der Waals surface area contributed by atoms with Crippen LogP contribution in [0.2, 0.25) is 0 Å². The van der Waals surface area contributed by atoms with Gasteiger partial charge in [0.25, 0.3) is 0 Å². The Morgan fingerprint density at radius 2 is 2.22 bits per heavy atom. The summed E-state index contributed by atoms with van der Waals surface area (Å²) >= 11 is 0. The van der Waals surface area contributed by atoms with Crippen LogP contribution in [0.1, 0.15) is 26.3 Å². The first-order chi connectivity index (χ1) is 8.72. The van der Waals surface area contributed by atoms with Crippen molar-refractivity contribution in [3.63, 3.8) is 0 Å². The smallest absolute Gasteiger partial charge is 0.130 e. The van der Waals surface area contributed by atoms with Crippen LogP contribution in [0.25, 0.3) is 0 Å². The number of aromatic nitrogens is 1. The van der Waals surface area contributed by atoms with Crippen molar-refractivity contribution in [3.8, 4) is 0 Å². The number of likely N-dealkylation sites (N-methyl/N-ethyl adjacent to an activating group) is 1. The lowest BCUT2D eigenvalue weighted by molar-refractivity contribution is 0.0982. The molecule has 4 heteroatoms. The molecule has 102 valence electrons. The fourth-order valence-electron chi connectivity index (χ4n) is 2.04. The average molecular weight is 251 g/mol. The van der Waals surface area contributed by atoms with Gasteiger partial charge >= 0.3 is 0 Å². The van der Waals surface area contributed by atoms with Crippen LogP contribution in [-0.2, 0) is 11.3 Å². The van der Waals surface area contributed by atoms with E-state index >= 15 is 0 Å². The number of ether oxygens (including phenoxy) is 1. The second-order valence-electron chi connectivity index (χ2n) is 4.41. The summed E-state index contributed by atoms with van der Waals surface area (Å²) in [7, 11) is 1.75. The maximum absolute atomic E-state index is 5.23.